The Hall–Kier alpha value is -1.26. The zero-order chi connectivity index (χ0) is 12.0. The van der Waals surface area contributed by atoms with E-state index in [1.807, 2.05) is 6.92 Å². The third-order valence-corrected chi connectivity index (χ3v) is 1.92. The van der Waals surface area contributed by atoms with Crippen molar-refractivity contribution >= 4 is 12.0 Å². The van der Waals surface area contributed by atoms with E-state index in [0.29, 0.717) is 5.92 Å². The van der Waals surface area contributed by atoms with Crippen LogP contribution in [-0.4, -0.2) is 29.2 Å². The predicted molar refractivity (Wildman–Crippen MR) is 57.7 cm³/mol. The molecule has 0 aliphatic carbocycles. The molecular formula is C10H20N2O3. The van der Waals surface area contributed by atoms with Crippen LogP contribution in [0.25, 0.3) is 0 Å². The van der Waals surface area contributed by atoms with Crippen molar-refractivity contribution in [3.63, 3.8) is 0 Å². The van der Waals surface area contributed by atoms with Crippen LogP contribution < -0.4 is 10.6 Å². The van der Waals surface area contributed by atoms with Gasteiger partial charge in [-0.25, -0.2) is 4.79 Å². The molecule has 15 heavy (non-hydrogen) atoms. The molecule has 0 bridgehead atoms. The summed E-state index contributed by atoms with van der Waals surface area (Å²) < 4.78 is 0. The zero-order valence-corrected chi connectivity index (χ0v) is 9.70. The molecule has 0 spiro atoms. The molecule has 88 valence electrons. The first-order valence-corrected chi connectivity index (χ1v) is 5.12. The van der Waals surface area contributed by atoms with Crippen LogP contribution in [-0.2, 0) is 4.79 Å². The van der Waals surface area contributed by atoms with Gasteiger partial charge in [0.1, 0.15) is 6.04 Å². The second-order valence-electron chi connectivity index (χ2n) is 4.21. The molecule has 0 aromatic heterocycles. The lowest BCUT2D eigenvalue weighted by Gasteiger charge is -2.17. The number of carboxylic acids is 1. The molecule has 0 aromatic carbocycles. The van der Waals surface area contributed by atoms with Gasteiger partial charge in [-0.1, -0.05) is 13.8 Å². The lowest BCUT2D eigenvalue weighted by molar-refractivity contribution is -0.138. The number of aliphatic carboxylic acids is 1. The summed E-state index contributed by atoms with van der Waals surface area (Å²) in [5.41, 5.74) is 0. The van der Waals surface area contributed by atoms with Crippen LogP contribution in [0.15, 0.2) is 0 Å². The van der Waals surface area contributed by atoms with Gasteiger partial charge in [-0.3, -0.25) is 4.79 Å². The molecule has 2 atom stereocenters. The van der Waals surface area contributed by atoms with Crippen molar-refractivity contribution < 1.29 is 14.7 Å². The minimum absolute atomic E-state index is 0.0472. The van der Waals surface area contributed by atoms with E-state index in [1.165, 1.54) is 6.92 Å². The van der Waals surface area contributed by atoms with Crippen molar-refractivity contribution in [3.05, 3.63) is 0 Å². The van der Waals surface area contributed by atoms with Crippen molar-refractivity contribution in [1.29, 1.82) is 0 Å². The first-order chi connectivity index (χ1) is 6.82. The fraction of sp³-hybridized carbons (Fsp3) is 0.800. The van der Waals surface area contributed by atoms with Crippen LogP contribution >= 0.6 is 0 Å². The van der Waals surface area contributed by atoms with Crippen molar-refractivity contribution in [2.75, 3.05) is 0 Å². The fourth-order valence-electron chi connectivity index (χ4n) is 1.29. The van der Waals surface area contributed by atoms with Crippen molar-refractivity contribution in [2.24, 2.45) is 5.92 Å². The molecule has 0 saturated heterocycles. The van der Waals surface area contributed by atoms with Crippen molar-refractivity contribution in [1.82, 2.24) is 10.6 Å². The maximum absolute atomic E-state index is 11.3. The summed E-state index contributed by atoms with van der Waals surface area (Å²) >= 11 is 0. The molecule has 0 heterocycles. The highest BCUT2D eigenvalue weighted by atomic mass is 16.4. The molecule has 1 unspecified atom stereocenters. The smallest absolute Gasteiger partial charge is 0.325 e. The van der Waals surface area contributed by atoms with E-state index in [1.54, 1.807) is 0 Å². The predicted octanol–water partition coefficient (Wildman–Crippen LogP) is 1.19. The van der Waals surface area contributed by atoms with Gasteiger partial charge in [0.25, 0.3) is 0 Å². The number of hydrogen-bond acceptors (Lipinski definition) is 2. The summed E-state index contributed by atoms with van der Waals surface area (Å²) in [6, 6.07) is -1.25. The van der Waals surface area contributed by atoms with Gasteiger partial charge in [0.05, 0.1) is 0 Å². The summed E-state index contributed by atoms with van der Waals surface area (Å²) in [4.78, 5) is 21.7. The highest BCUT2D eigenvalue weighted by Gasteiger charge is 2.15. The van der Waals surface area contributed by atoms with Crippen LogP contribution in [0.3, 0.4) is 0 Å². The van der Waals surface area contributed by atoms with Gasteiger partial charge in [0.2, 0.25) is 0 Å². The Balaban J connectivity index is 3.88. The van der Waals surface area contributed by atoms with Crippen molar-refractivity contribution in [2.45, 2.75) is 46.2 Å². The minimum Gasteiger partial charge on any atom is -0.480 e. The highest BCUT2D eigenvalue weighted by molar-refractivity contribution is 5.82. The van der Waals surface area contributed by atoms with Gasteiger partial charge in [-0.2, -0.15) is 0 Å². The molecule has 0 radical (unpaired) electrons. The zero-order valence-electron chi connectivity index (χ0n) is 9.70. The molecule has 0 fully saturated rings. The third-order valence-electron chi connectivity index (χ3n) is 1.92. The monoisotopic (exact) mass is 216 g/mol. The number of rotatable bonds is 5. The molecule has 2 amide bonds. The lowest BCUT2D eigenvalue weighted by Crippen LogP contribution is -2.47. The summed E-state index contributed by atoms with van der Waals surface area (Å²) in [7, 11) is 0. The van der Waals surface area contributed by atoms with Crippen LogP contribution in [0.5, 0.6) is 0 Å². The first-order valence-electron chi connectivity index (χ1n) is 5.12. The first kappa shape index (κ1) is 13.7. The number of urea groups is 1. The second kappa shape index (κ2) is 6.27. The average Bonchev–Trinajstić information content (AvgIpc) is 2.00. The molecule has 3 N–H and O–H groups in total. The van der Waals surface area contributed by atoms with E-state index in [4.69, 9.17) is 5.11 Å². The van der Waals surface area contributed by atoms with E-state index in [2.05, 4.69) is 24.5 Å². The van der Waals surface area contributed by atoms with Crippen LogP contribution in [0.2, 0.25) is 0 Å². The molecule has 5 nitrogen and oxygen atoms in total. The second-order valence-corrected chi connectivity index (χ2v) is 4.21. The van der Waals surface area contributed by atoms with Crippen LogP contribution in [0.1, 0.15) is 34.1 Å². The van der Waals surface area contributed by atoms with Gasteiger partial charge >= 0.3 is 12.0 Å². The Morgan fingerprint density at radius 1 is 1.13 bits per heavy atom. The molecule has 5 heteroatoms. The highest BCUT2D eigenvalue weighted by Crippen LogP contribution is 2.03. The van der Waals surface area contributed by atoms with E-state index in [-0.39, 0.29) is 6.04 Å². The Morgan fingerprint density at radius 3 is 2.07 bits per heavy atom. The number of nitrogens with one attached hydrogen (secondary N) is 2. The quantitative estimate of drug-likeness (QED) is 0.646. The number of carbonyl (C=O) groups is 2. The number of carboxylic acid groups (broad SMARTS) is 1. The SMILES string of the molecule is CC(C)CC(C)NC(=O)N[C@H](C)C(=O)O. The number of carbonyl (C=O) groups excluding carboxylic acids is 1. The van der Waals surface area contributed by atoms with Gasteiger partial charge in [-0.15, -0.1) is 0 Å². The van der Waals surface area contributed by atoms with E-state index < -0.39 is 18.0 Å². The molecular weight excluding hydrogens is 196 g/mol. The Morgan fingerprint density at radius 2 is 1.67 bits per heavy atom. The number of amides is 2. The van der Waals surface area contributed by atoms with Gasteiger partial charge in [0, 0.05) is 6.04 Å². The van der Waals surface area contributed by atoms with Crippen LogP contribution in [0.4, 0.5) is 4.79 Å². The molecule has 0 saturated carbocycles. The maximum atomic E-state index is 11.3. The lowest BCUT2D eigenvalue weighted by atomic mass is 10.1. The van der Waals surface area contributed by atoms with E-state index in [0.717, 1.165) is 6.42 Å². The molecule has 0 aromatic rings. The summed E-state index contributed by atoms with van der Waals surface area (Å²) in [6.07, 6.45) is 0.870. The number of hydrogen-bond donors (Lipinski definition) is 3. The fourth-order valence-corrected chi connectivity index (χ4v) is 1.29. The van der Waals surface area contributed by atoms with Crippen molar-refractivity contribution in [3.8, 4) is 0 Å². The molecule has 0 aliphatic heterocycles. The maximum Gasteiger partial charge on any atom is 0.325 e. The van der Waals surface area contributed by atoms with Gasteiger partial charge < -0.3 is 15.7 Å². The van der Waals surface area contributed by atoms with Crippen LogP contribution in [0, 0.1) is 5.92 Å². The summed E-state index contributed by atoms with van der Waals surface area (Å²) in [6.45, 7) is 7.45. The summed E-state index contributed by atoms with van der Waals surface area (Å²) in [5.74, 6) is -0.543. The summed E-state index contributed by atoms with van der Waals surface area (Å²) in [5, 5.41) is 13.6. The Labute approximate surface area is 90.2 Å². The van der Waals surface area contributed by atoms with E-state index in [9.17, 15) is 9.59 Å². The van der Waals surface area contributed by atoms with Gasteiger partial charge in [-0.05, 0) is 26.2 Å². The molecule has 0 rings (SSSR count). The standard InChI is InChI=1S/C10H20N2O3/c1-6(2)5-7(3)11-10(15)12-8(4)9(13)14/h6-8H,5H2,1-4H3,(H,13,14)(H2,11,12,15)/t7?,8-/m1/s1. The topological polar surface area (TPSA) is 78.4 Å². The Bertz CT molecular complexity index is 229. The Kier molecular flexibility index (Phi) is 5.74. The normalized spacial score (nSPS) is 14.5. The minimum atomic E-state index is -1.04. The largest absolute Gasteiger partial charge is 0.480 e. The average molecular weight is 216 g/mol. The van der Waals surface area contributed by atoms with Gasteiger partial charge in [0.15, 0.2) is 0 Å². The molecule has 0 aliphatic rings. The third kappa shape index (κ3) is 6.76. The van der Waals surface area contributed by atoms with E-state index >= 15 is 0 Å².